The Labute approximate surface area is 126 Å². The van der Waals surface area contributed by atoms with Crippen LogP contribution in [0.3, 0.4) is 0 Å². The highest BCUT2D eigenvalue weighted by atomic mass is 79.9. The molecule has 0 bridgehead atoms. The average Bonchev–Trinajstić information content (AvgIpc) is 2.37. The molecule has 2 rings (SSSR count). The molecule has 1 aliphatic rings. The fourth-order valence-electron chi connectivity index (χ4n) is 2.78. The minimum Gasteiger partial charge on any atom is -0.481 e. The molecule has 1 amide bonds. The summed E-state index contributed by atoms with van der Waals surface area (Å²) in [6.07, 6.45) is 3.04. The number of rotatable bonds is 3. The van der Waals surface area contributed by atoms with Crippen LogP contribution in [0.15, 0.2) is 22.7 Å². The number of benzene rings is 1. The molecule has 2 N–H and O–H groups in total. The number of carbonyl (C=O) groups is 2. The van der Waals surface area contributed by atoms with Crippen molar-refractivity contribution >= 4 is 33.5 Å². The zero-order valence-electron chi connectivity index (χ0n) is 11.4. The summed E-state index contributed by atoms with van der Waals surface area (Å²) in [4.78, 5) is 23.6. The Balaban J connectivity index is 2.11. The van der Waals surface area contributed by atoms with Gasteiger partial charge in [0, 0.05) is 10.2 Å². The van der Waals surface area contributed by atoms with Gasteiger partial charge in [-0.15, -0.1) is 0 Å². The number of aliphatic carboxylic acids is 1. The van der Waals surface area contributed by atoms with Crippen LogP contribution in [0.1, 0.15) is 31.2 Å². The highest BCUT2D eigenvalue weighted by molar-refractivity contribution is 9.10. The van der Waals surface area contributed by atoms with Gasteiger partial charge in [-0.1, -0.05) is 28.8 Å². The van der Waals surface area contributed by atoms with Crippen LogP contribution < -0.4 is 5.32 Å². The number of halogens is 1. The van der Waals surface area contributed by atoms with E-state index in [0.29, 0.717) is 18.5 Å². The third-order valence-corrected chi connectivity index (χ3v) is 4.19. The number of aryl methyl sites for hydroxylation is 1. The molecule has 2 atom stereocenters. The summed E-state index contributed by atoms with van der Waals surface area (Å²) in [6, 6.07) is 5.65. The number of hydrogen-bond acceptors (Lipinski definition) is 2. The molecule has 0 saturated heterocycles. The number of carboxylic acid groups (broad SMARTS) is 1. The van der Waals surface area contributed by atoms with Gasteiger partial charge in [-0.25, -0.2) is 0 Å². The van der Waals surface area contributed by atoms with Gasteiger partial charge in [0.05, 0.1) is 11.8 Å². The lowest BCUT2D eigenvalue weighted by Crippen LogP contribution is -2.36. The molecule has 0 aliphatic heterocycles. The van der Waals surface area contributed by atoms with E-state index in [4.69, 9.17) is 0 Å². The Morgan fingerprint density at radius 2 is 1.85 bits per heavy atom. The van der Waals surface area contributed by atoms with Crippen LogP contribution in [0.25, 0.3) is 0 Å². The number of hydrogen-bond donors (Lipinski definition) is 2. The van der Waals surface area contributed by atoms with Gasteiger partial charge in [0.1, 0.15) is 0 Å². The third-order valence-electron chi connectivity index (χ3n) is 3.73. The molecular formula is C15H18BrNO3. The number of nitrogens with one attached hydrogen (secondary N) is 1. The van der Waals surface area contributed by atoms with Crippen molar-refractivity contribution < 1.29 is 14.7 Å². The van der Waals surface area contributed by atoms with E-state index in [2.05, 4.69) is 21.2 Å². The van der Waals surface area contributed by atoms with Gasteiger partial charge >= 0.3 is 5.97 Å². The molecule has 1 aromatic rings. The van der Waals surface area contributed by atoms with Crippen LogP contribution in [-0.2, 0) is 9.59 Å². The summed E-state index contributed by atoms with van der Waals surface area (Å²) in [7, 11) is 0. The summed E-state index contributed by atoms with van der Waals surface area (Å²) in [6.45, 7) is 1.95. The molecule has 1 saturated carbocycles. The van der Waals surface area contributed by atoms with Gasteiger partial charge in [0.25, 0.3) is 0 Å². The zero-order valence-corrected chi connectivity index (χ0v) is 12.9. The van der Waals surface area contributed by atoms with Gasteiger partial charge < -0.3 is 10.4 Å². The molecule has 0 radical (unpaired) electrons. The van der Waals surface area contributed by atoms with Crippen LogP contribution in [0, 0.1) is 18.8 Å². The fraction of sp³-hybridized carbons (Fsp3) is 0.467. The molecule has 1 aromatic carbocycles. The maximum atomic E-state index is 12.3. The average molecular weight is 340 g/mol. The van der Waals surface area contributed by atoms with E-state index in [1.165, 1.54) is 0 Å². The van der Waals surface area contributed by atoms with Gasteiger partial charge in [-0.05, 0) is 43.5 Å². The molecule has 0 heterocycles. The topological polar surface area (TPSA) is 66.4 Å². The first-order valence-corrected chi connectivity index (χ1v) is 7.57. The molecule has 4 nitrogen and oxygen atoms in total. The smallest absolute Gasteiger partial charge is 0.307 e. The lowest BCUT2D eigenvalue weighted by Gasteiger charge is -2.27. The second-order valence-corrected chi connectivity index (χ2v) is 6.26. The molecule has 108 valence electrons. The summed E-state index contributed by atoms with van der Waals surface area (Å²) in [5.41, 5.74) is 1.74. The first-order chi connectivity index (χ1) is 9.47. The first-order valence-electron chi connectivity index (χ1n) is 6.78. The van der Waals surface area contributed by atoms with Crippen LogP contribution in [-0.4, -0.2) is 17.0 Å². The largest absolute Gasteiger partial charge is 0.481 e. The molecule has 20 heavy (non-hydrogen) atoms. The van der Waals surface area contributed by atoms with E-state index in [1.807, 2.05) is 25.1 Å². The van der Waals surface area contributed by atoms with E-state index in [0.717, 1.165) is 22.9 Å². The number of amides is 1. The minimum atomic E-state index is -0.865. The second kappa shape index (κ2) is 6.39. The molecule has 0 aromatic heterocycles. The molecule has 5 heteroatoms. The van der Waals surface area contributed by atoms with Crippen molar-refractivity contribution in [2.45, 2.75) is 32.6 Å². The fourth-order valence-corrected chi connectivity index (χ4v) is 3.39. The van der Waals surface area contributed by atoms with Crippen molar-refractivity contribution in [1.82, 2.24) is 0 Å². The number of carboxylic acids is 1. The summed E-state index contributed by atoms with van der Waals surface area (Å²) in [5, 5.41) is 12.1. The Morgan fingerprint density at radius 1 is 1.20 bits per heavy atom. The van der Waals surface area contributed by atoms with Crippen LogP contribution in [0.2, 0.25) is 0 Å². The van der Waals surface area contributed by atoms with Crippen molar-refractivity contribution in [3.05, 3.63) is 28.2 Å². The second-order valence-electron chi connectivity index (χ2n) is 5.34. The Hall–Kier alpha value is -1.36. The number of carbonyl (C=O) groups excluding carboxylic acids is 1. The summed E-state index contributed by atoms with van der Waals surface area (Å²) >= 11 is 3.39. The lowest BCUT2D eigenvalue weighted by atomic mass is 9.78. The van der Waals surface area contributed by atoms with Crippen LogP contribution in [0.4, 0.5) is 5.69 Å². The summed E-state index contributed by atoms with van der Waals surface area (Å²) in [5.74, 6) is -2.04. The van der Waals surface area contributed by atoms with Crippen molar-refractivity contribution in [3.8, 4) is 0 Å². The van der Waals surface area contributed by atoms with Gasteiger partial charge in [0.15, 0.2) is 0 Å². The van der Waals surface area contributed by atoms with Crippen molar-refractivity contribution in [2.75, 3.05) is 5.32 Å². The van der Waals surface area contributed by atoms with E-state index >= 15 is 0 Å². The zero-order chi connectivity index (χ0) is 14.7. The Kier molecular flexibility index (Phi) is 4.81. The van der Waals surface area contributed by atoms with Crippen molar-refractivity contribution in [3.63, 3.8) is 0 Å². The number of anilines is 1. The van der Waals surface area contributed by atoms with E-state index in [-0.39, 0.29) is 5.91 Å². The van der Waals surface area contributed by atoms with Crippen molar-refractivity contribution in [1.29, 1.82) is 0 Å². The van der Waals surface area contributed by atoms with Crippen LogP contribution >= 0.6 is 15.9 Å². The molecule has 1 aliphatic carbocycles. The predicted molar refractivity (Wildman–Crippen MR) is 80.6 cm³/mol. The monoisotopic (exact) mass is 339 g/mol. The maximum absolute atomic E-state index is 12.3. The van der Waals surface area contributed by atoms with Crippen LogP contribution in [0.5, 0.6) is 0 Å². The SMILES string of the molecule is Cc1cc(Br)cc(NC(=O)[C@@H]2CCCC[C@@H]2C(=O)O)c1. The van der Waals surface area contributed by atoms with Gasteiger partial charge in [0.2, 0.25) is 5.91 Å². The lowest BCUT2D eigenvalue weighted by molar-refractivity contribution is -0.147. The molecule has 0 unspecified atom stereocenters. The minimum absolute atomic E-state index is 0.186. The Morgan fingerprint density at radius 3 is 2.45 bits per heavy atom. The quantitative estimate of drug-likeness (QED) is 0.884. The third kappa shape index (κ3) is 3.60. The molecule has 1 fully saturated rings. The van der Waals surface area contributed by atoms with Crippen molar-refractivity contribution in [2.24, 2.45) is 11.8 Å². The van der Waals surface area contributed by atoms with Gasteiger partial charge in [-0.3, -0.25) is 9.59 Å². The Bertz CT molecular complexity index is 510. The maximum Gasteiger partial charge on any atom is 0.307 e. The summed E-state index contributed by atoms with van der Waals surface area (Å²) < 4.78 is 0.895. The highest BCUT2D eigenvalue weighted by Gasteiger charge is 2.35. The molecular weight excluding hydrogens is 322 g/mol. The van der Waals surface area contributed by atoms with E-state index in [9.17, 15) is 14.7 Å². The normalized spacial score (nSPS) is 22.3. The van der Waals surface area contributed by atoms with E-state index in [1.54, 1.807) is 0 Å². The molecule has 0 spiro atoms. The standard InChI is InChI=1S/C15H18BrNO3/c1-9-6-10(16)8-11(7-9)17-14(18)12-4-2-3-5-13(12)15(19)20/h6-8,12-13H,2-5H2,1H3,(H,17,18)(H,19,20)/t12-,13+/m1/s1. The van der Waals surface area contributed by atoms with Gasteiger partial charge in [-0.2, -0.15) is 0 Å². The first kappa shape index (κ1) is 15.0. The predicted octanol–water partition coefficient (Wildman–Crippen LogP) is 3.59. The van der Waals surface area contributed by atoms with E-state index < -0.39 is 17.8 Å². The highest BCUT2D eigenvalue weighted by Crippen LogP contribution is 2.31.